The average Bonchev–Trinajstić information content (AvgIpc) is 2.33. The van der Waals surface area contributed by atoms with E-state index in [1.165, 1.54) is 6.92 Å². The molecule has 1 saturated carbocycles. The lowest BCUT2D eigenvalue weighted by Crippen LogP contribution is -2.56. The average molecular weight is 318 g/mol. The molecule has 9 heteroatoms. The Bertz CT molecular complexity index is 680. The molecule has 0 bridgehead atoms. The van der Waals surface area contributed by atoms with Gasteiger partial charge in [-0.15, -0.1) is 0 Å². The SMILES string of the molecule is Cc1cc(F)c([N+](=O)[O-])cc1S(=O)(=O)NC1(CO)CCC1. The van der Waals surface area contributed by atoms with Gasteiger partial charge in [0.25, 0.3) is 0 Å². The van der Waals surface area contributed by atoms with Crippen molar-refractivity contribution in [1.82, 2.24) is 4.72 Å². The number of nitrogens with one attached hydrogen (secondary N) is 1. The number of nitro benzene ring substituents is 1. The molecule has 0 amide bonds. The van der Waals surface area contributed by atoms with E-state index in [0.717, 1.165) is 12.5 Å². The Morgan fingerprint density at radius 2 is 2.10 bits per heavy atom. The summed E-state index contributed by atoms with van der Waals surface area (Å²) >= 11 is 0. The first-order valence-electron chi connectivity index (χ1n) is 6.30. The number of aryl methyl sites for hydroxylation is 1. The molecule has 2 N–H and O–H groups in total. The smallest absolute Gasteiger partial charge is 0.306 e. The summed E-state index contributed by atoms with van der Waals surface area (Å²) in [7, 11) is -4.08. The molecule has 0 aromatic heterocycles. The maximum absolute atomic E-state index is 13.5. The van der Waals surface area contributed by atoms with Gasteiger partial charge < -0.3 is 5.11 Å². The fourth-order valence-corrected chi connectivity index (χ4v) is 4.01. The van der Waals surface area contributed by atoms with Crippen LogP contribution < -0.4 is 4.72 Å². The second-order valence-corrected chi connectivity index (χ2v) is 6.87. The number of benzene rings is 1. The Morgan fingerprint density at radius 3 is 2.52 bits per heavy atom. The maximum atomic E-state index is 13.5. The number of rotatable bonds is 5. The van der Waals surface area contributed by atoms with Gasteiger partial charge >= 0.3 is 5.69 Å². The van der Waals surface area contributed by atoms with Crippen LogP contribution in [-0.2, 0) is 10.0 Å². The van der Waals surface area contributed by atoms with Gasteiger partial charge in [0, 0.05) is 6.07 Å². The normalized spacial score (nSPS) is 17.3. The summed E-state index contributed by atoms with van der Waals surface area (Å²) in [5.41, 5.74) is -1.75. The van der Waals surface area contributed by atoms with Crippen molar-refractivity contribution in [2.24, 2.45) is 0 Å². The first kappa shape index (κ1) is 15.8. The van der Waals surface area contributed by atoms with Crippen LogP contribution in [0.25, 0.3) is 0 Å². The summed E-state index contributed by atoms with van der Waals surface area (Å²) in [5, 5.41) is 20.0. The molecule has 7 nitrogen and oxygen atoms in total. The monoisotopic (exact) mass is 318 g/mol. The number of sulfonamides is 1. The van der Waals surface area contributed by atoms with Crippen LogP contribution in [0.1, 0.15) is 24.8 Å². The molecule has 0 saturated heterocycles. The summed E-state index contributed by atoms with van der Waals surface area (Å²) < 4.78 is 40.5. The Labute approximate surface area is 121 Å². The molecule has 0 aliphatic heterocycles. The standard InChI is InChI=1S/C12H15FN2O5S/c1-8-5-9(13)10(15(17)18)6-11(8)21(19,20)14-12(7-16)3-2-4-12/h5-6,14,16H,2-4,7H2,1H3. The summed E-state index contributed by atoms with van der Waals surface area (Å²) in [4.78, 5) is 9.41. The van der Waals surface area contributed by atoms with Crippen molar-refractivity contribution in [3.8, 4) is 0 Å². The Kier molecular flexibility index (Phi) is 4.00. The lowest BCUT2D eigenvalue weighted by atomic mass is 9.78. The summed E-state index contributed by atoms with van der Waals surface area (Å²) in [6.45, 7) is 1.00. The predicted octanol–water partition coefficient (Wildman–Crippen LogP) is 1.24. The van der Waals surface area contributed by atoms with E-state index < -0.39 is 32.0 Å². The van der Waals surface area contributed by atoms with Crippen molar-refractivity contribution in [3.63, 3.8) is 0 Å². The molecule has 0 heterocycles. The molecule has 1 aromatic carbocycles. The Morgan fingerprint density at radius 1 is 1.48 bits per heavy atom. The van der Waals surface area contributed by atoms with Crippen LogP contribution in [0.5, 0.6) is 0 Å². The van der Waals surface area contributed by atoms with Gasteiger partial charge in [-0.2, -0.15) is 4.39 Å². The molecule has 0 unspecified atom stereocenters. The summed E-state index contributed by atoms with van der Waals surface area (Å²) in [6, 6.07) is 1.52. The van der Waals surface area contributed by atoms with Crippen molar-refractivity contribution in [3.05, 3.63) is 33.6 Å². The largest absolute Gasteiger partial charge is 0.394 e. The zero-order valence-corrected chi connectivity index (χ0v) is 12.1. The van der Waals surface area contributed by atoms with E-state index >= 15 is 0 Å². The molecule has 1 aliphatic carbocycles. The van der Waals surface area contributed by atoms with Crippen LogP contribution in [0, 0.1) is 22.9 Å². The summed E-state index contributed by atoms with van der Waals surface area (Å²) in [6.07, 6.45) is 1.77. The quantitative estimate of drug-likeness (QED) is 0.627. The zero-order chi connectivity index (χ0) is 15.8. The summed E-state index contributed by atoms with van der Waals surface area (Å²) in [5.74, 6) is -1.09. The number of nitro groups is 1. The van der Waals surface area contributed by atoms with E-state index in [1.807, 2.05) is 0 Å². The molecule has 2 rings (SSSR count). The van der Waals surface area contributed by atoms with Crippen LogP contribution in [-0.4, -0.2) is 30.6 Å². The zero-order valence-electron chi connectivity index (χ0n) is 11.3. The highest BCUT2D eigenvalue weighted by Gasteiger charge is 2.41. The topological polar surface area (TPSA) is 110 Å². The number of aliphatic hydroxyl groups is 1. The molecule has 1 aliphatic rings. The van der Waals surface area contributed by atoms with E-state index in [-0.39, 0.29) is 17.1 Å². The molecule has 1 aromatic rings. The van der Waals surface area contributed by atoms with Gasteiger partial charge in [0.05, 0.1) is 22.0 Å². The first-order chi connectivity index (χ1) is 9.71. The van der Waals surface area contributed by atoms with Crippen molar-refractivity contribution in [1.29, 1.82) is 0 Å². The minimum atomic E-state index is -4.08. The highest BCUT2D eigenvalue weighted by Crippen LogP contribution is 2.34. The van der Waals surface area contributed by atoms with Crippen molar-refractivity contribution >= 4 is 15.7 Å². The molecule has 0 atom stereocenters. The fourth-order valence-electron chi connectivity index (χ4n) is 2.31. The minimum Gasteiger partial charge on any atom is -0.394 e. The molecule has 116 valence electrons. The van der Waals surface area contributed by atoms with Crippen LogP contribution in [0.4, 0.5) is 10.1 Å². The lowest BCUT2D eigenvalue weighted by molar-refractivity contribution is -0.387. The molecular formula is C12H15FN2O5S. The van der Waals surface area contributed by atoms with Crippen molar-refractivity contribution in [2.75, 3.05) is 6.61 Å². The Hall–Kier alpha value is -1.58. The van der Waals surface area contributed by atoms with Gasteiger partial charge in [0.15, 0.2) is 0 Å². The highest BCUT2D eigenvalue weighted by atomic mass is 32.2. The van der Waals surface area contributed by atoms with E-state index in [1.54, 1.807) is 0 Å². The number of halogens is 1. The van der Waals surface area contributed by atoms with Crippen LogP contribution in [0.15, 0.2) is 17.0 Å². The molecular weight excluding hydrogens is 303 g/mol. The second kappa shape index (κ2) is 5.32. The van der Waals surface area contributed by atoms with Gasteiger partial charge in [0.1, 0.15) is 0 Å². The molecule has 1 fully saturated rings. The number of nitrogens with zero attached hydrogens (tertiary/aromatic N) is 1. The van der Waals surface area contributed by atoms with Crippen LogP contribution in [0.2, 0.25) is 0 Å². The highest BCUT2D eigenvalue weighted by molar-refractivity contribution is 7.89. The third kappa shape index (κ3) is 2.89. The first-order valence-corrected chi connectivity index (χ1v) is 7.78. The van der Waals surface area contributed by atoms with E-state index in [9.17, 15) is 28.0 Å². The minimum absolute atomic E-state index is 0.0676. The number of hydrogen-bond acceptors (Lipinski definition) is 5. The predicted molar refractivity (Wildman–Crippen MR) is 71.8 cm³/mol. The third-order valence-electron chi connectivity index (χ3n) is 3.69. The molecule has 0 spiro atoms. The number of hydrogen-bond donors (Lipinski definition) is 2. The van der Waals surface area contributed by atoms with Gasteiger partial charge in [0.2, 0.25) is 15.8 Å². The second-order valence-electron chi connectivity index (χ2n) is 5.22. The molecule has 0 radical (unpaired) electrons. The van der Waals surface area contributed by atoms with Crippen molar-refractivity contribution < 1.29 is 22.8 Å². The van der Waals surface area contributed by atoms with Crippen molar-refractivity contribution in [2.45, 2.75) is 36.6 Å². The van der Waals surface area contributed by atoms with Gasteiger partial charge in [-0.1, -0.05) is 0 Å². The van der Waals surface area contributed by atoms with Gasteiger partial charge in [-0.05, 0) is 37.8 Å². The van der Waals surface area contributed by atoms with Gasteiger partial charge in [-0.3, -0.25) is 10.1 Å². The Balaban J connectivity index is 2.45. The number of aliphatic hydroxyl groups excluding tert-OH is 1. The van der Waals surface area contributed by atoms with Crippen LogP contribution in [0.3, 0.4) is 0 Å². The van der Waals surface area contributed by atoms with Gasteiger partial charge in [-0.25, -0.2) is 13.1 Å². The van der Waals surface area contributed by atoms with E-state index in [0.29, 0.717) is 18.9 Å². The van der Waals surface area contributed by atoms with E-state index in [2.05, 4.69) is 4.72 Å². The van der Waals surface area contributed by atoms with E-state index in [4.69, 9.17) is 0 Å². The maximum Gasteiger partial charge on any atom is 0.306 e. The molecule has 21 heavy (non-hydrogen) atoms. The van der Waals surface area contributed by atoms with Crippen LogP contribution >= 0.6 is 0 Å². The lowest BCUT2D eigenvalue weighted by Gasteiger charge is -2.40. The fraction of sp³-hybridized carbons (Fsp3) is 0.500. The third-order valence-corrected chi connectivity index (χ3v) is 5.42.